The molecule has 5 heterocycles. The summed E-state index contributed by atoms with van der Waals surface area (Å²) in [6.45, 7) is 7.00. The summed E-state index contributed by atoms with van der Waals surface area (Å²) in [5.41, 5.74) is 5.92. The molecule has 14 heteroatoms. The van der Waals surface area contributed by atoms with Gasteiger partial charge in [0.25, 0.3) is 5.91 Å². The number of aryl methyl sites for hydroxylation is 2. The molecule has 3 aliphatic rings. The highest BCUT2D eigenvalue weighted by Crippen LogP contribution is 2.39. The van der Waals surface area contributed by atoms with E-state index in [1.807, 2.05) is 55.6 Å². The summed E-state index contributed by atoms with van der Waals surface area (Å²) in [6, 6.07) is 16.4. The highest BCUT2D eigenvalue weighted by molar-refractivity contribution is 6.02. The number of imide groups is 1. The Balaban J connectivity index is 0.955. The van der Waals surface area contributed by atoms with Crippen molar-refractivity contribution in [2.75, 3.05) is 64.8 Å². The number of rotatable bonds is 11. The molecule has 0 radical (unpaired) electrons. The first-order valence-electron chi connectivity index (χ1n) is 20.6. The number of hydrogen-bond donors (Lipinski definition) is 1. The number of carbonyl (C=O) groups excluding carboxylic acids is 4. The second-order valence-corrected chi connectivity index (χ2v) is 16.1. The van der Waals surface area contributed by atoms with E-state index in [1.165, 1.54) is 17.0 Å². The number of anilines is 1. The van der Waals surface area contributed by atoms with Gasteiger partial charge in [-0.3, -0.25) is 34.1 Å². The summed E-state index contributed by atoms with van der Waals surface area (Å²) >= 11 is 0. The van der Waals surface area contributed by atoms with E-state index in [0.29, 0.717) is 66.7 Å². The first kappa shape index (κ1) is 40.6. The topological polar surface area (TPSA) is 124 Å². The normalized spacial score (nSPS) is 17.6. The maximum absolute atomic E-state index is 16.5. The predicted molar refractivity (Wildman–Crippen MR) is 224 cm³/mol. The third-order valence-corrected chi connectivity index (χ3v) is 12.0. The maximum Gasteiger partial charge on any atom is 0.289 e. The van der Waals surface area contributed by atoms with Gasteiger partial charge < -0.3 is 19.1 Å². The summed E-state index contributed by atoms with van der Waals surface area (Å²) in [7, 11) is 3.24. The largest absolute Gasteiger partial charge is 0.450 e. The van der Waals surface area contributed by atoms with Crippen molar-refractivity contribution < 1.29 is 32.4 Å². The number of aromatic nitrogens is 2. The van der Waals surface area contributed by atoms with Crippen LogP contribution in [0.2, 0.25) is 0 Å². The van der Waals surface area contributed by atoms with Crippen LogP contribution in [0.3, 0.4) is 0 Å². The van der Waals surface area contributed by atoms with Crippen molar-refractivity contribution >= 4 is 45.9 Å². The zero-order chi connectivity index (χ0) is 42.1. The van der Waals surface area contributed by atoms with E-state index in [1.54, 1.807) is 35.9 Å². The molecule has 1 unspecified atom stereocenters. The van der Waals surface area contributed by atoms with Crippen LogP contribution >= 0.6 is 0 Å². The van der Waals surface area contributed by atoms with Crippen LogP contribution in [0.15, 0.2) is 77.5 Å². The highest BCUT2D eigenvalue weighted by atomic mass is 19.1. The van der Waals surface area contributed by atoms with E-state index >= 15 is 8.78 Å². The fourth-order valence-corrected chi connectivity index (χ4v) is 8.57. The summed E-state index contributed by atoms with van der Waals surface area (Å²) < 4.78 is 39.7. The van der Waals surface area contributed by atoms with Crippen LogP contribution < -0.4 is 10.2 Å². The van der Waals surface area contributed by atoms with Gasteiger partial charge in [0.1, 0.15) is 17.2 Å². The summed E-state index contributed by atoms with van der Waals surface area (Å²) in [5, 5.41) is 6.77. The third-order valence-electron chi connectivity index (χ3n) is 12.0. The molecule has 1 atom stereocenters. The van der Waals surface area contributed by atoms with E-state index in [0.717, 1.165) is 43.0 Å². The standard InChI is InChI=1S/C46H49F2N7O5/c1-29-24-31(39(47)26-35(29)34-11-12-41(56)50-45(34)58)13-18-52-20-22-53(23-21-52)33-9-7-30(8-10-33)37-25-36(43(48)38-27-40(60-44(37)38)46(59)51(2)3)32-6-4-16-54(28-32)42(57)14-19-55-17-5-15-49-55/h5-10,15,17,24-27,34H,4,11-14,16,18-23,28H2,1-3H3,(H,50,56,58). The van der Waals surface area contributed by atoms with Gasteiger partial charge in [0.05, 0.1) is 11.3 Å². The Morgan fingerprint density at radius 2 is 1.75 bits per heavy atom. The van der Waals surface area contributed by atoms with Gasteiger partial charge in [0.2, 0.25) is 17.7 Å². The molecule has 2 aromatic heterocycles. The number of amides is 4. The minimum absolute atomic E-state index is 0.0290. The fourth-order valence-electron chi connectivity index (χ4n) is 8.57. The van der Waals surface area contributed by atoms with Crippen LogP contribution in [0.5, 0.6) is 0 Å². The van der Waals surface area contributed by atoms with Gasteiger partial charge in [-0.1, -0.05) is 24.3 Å². The zero-order valence-corrected chi connectivity index (χ0v) is 34.2. The van der Waals surface area contributed by atoms with E-state index < -0.39 is 11.7 Å². The summed E-state index contributed by atoms with van der Waals surface area (Å²) in [4.78, 5) is 58.0. The first-order valence-corrected chi connectivity index (χ1v) is 20.6. The minimum atomic E-state index is -0.521. The average molecular weight is 818 g/mol. The first-order chi connectivity index (χ1) is 28.9. The Bertz CT molecular complexity index is 2470. The molecule has 2 fully saturated rings. The Labute approximate surface area is 347 Å². The molecule has 2 saturated heterocycles. The molecule has 3 aromatic carbocycles. The van der Waals surface area contributed by atoms with E-state index in [2.05, 4.69) is 20.2 Å². The van der Waals surface area contributed by atoms with Crippen LogP contribution in [0.25, 0.3) is 27.7 Å². The molecule has 0 aliphatic carbocycles. The molecule has 0 bridgehead atoms. The molecule has 4 amide bonds. The summed E-state index contributed by atoms with van der Waals surface area (Å²) in [6.07, 6.45) is 7.52. The van der Waals surface area contributed by atoms with Crippen molar-refractivity contribution in [1.82, 2.24) is 29.8 Å². The van der Waals surface area contributed by atoms with E-state index in [9.17, 15) is 19.2 Å². The number of halogens is 2. The number of piperidine rings is 1. The number of benzene rings is 3. The van der Waals surface area contributed by atoms with Crippen LogP contribution in [-0.2, 0) is 27.3 Å². The maximum atomic E-state index is 16.5. The Hall–Kier alpha value is -6.15. The van der Waals surface area contributed by atoms with Gasteiger partial charge in [0, 0.05) is 115 Å². The van der Waals surface area contributed by atoms with Gasteiger partial charge in [-0.2, -0.15) is 5.10 Å². The van der Waals surface area contributed by atoms with Crippen molar-refractivity contribution in [3.8, 4) is 11.1 Å². The van der Waals surface area contributed by atoms with Crippen LogP contribution in [-0.4, -0.2) is 108 Å². The predicted octanol–water partition coefficient (Wildman–Crippen LogP) is 6.18. The van der Waals surface area contributed by atoms with Gasteiger partial charge >= 0.3 is 0 Å². The summed E-state index contributed by atoms with van der Waals surface area (Å²) in [5.74, 6) is -2.37. The second kappa shape index (κ2) is 17.2. The highest BCUT2D eigenvalue weighted by Gasteiger charge is 2.30. The number of piperazine rings is 1. The lowest BCUT2D eigenvalue weighted by Gasteiger charge is -2.36. The fraction of sp³-hybridized carbons (Fsp3) is 0.370. The quantitative estimate of drug-likeness (QED) is 0.157. The third kappa shape index (κ3) is 8.46. The van der Waals surface area contributed by atoms with Crippen molar-refractivity contribution in [1.29, 1.82) is 0 Å². The Morgan fingerprint density at radius 3 is 2.47 bits per heavy atom. The molecule has 5 aromatic rings. The van der Waals surface area contributed by atoms with E-state index in [-0.39, 0.29) is 65.6 Å². The lowest BCUT2D eigenvalue weighted by molar-refractivity contribution is -0.134. The van der Waals surface area contributed by atoms with Gasteiger partial charge in [0.15, 0.2) is 5.76 Å². The van der Waals surface area contributed by atoms with Crippen molar-refractivity contribution in [2.24, 2.45) is 0 Å². The van der Waals surface area contributed by atoms with Crippen molar-refractivity contribution in [2.45, 2.75) is 51.5 Å². The average Bonchev–Trinajstić information content (AvgIpc) is 3.95. The van der Waals surface area contributed by atoms with Crippen LogP contribution in [0.4, 0.5) is 14.5 Å². The molecule has 0 saturated carbocycles. The Morgan fingerprint density at radius 1 is 0.967 bits per heavy atom. The number of nitrogens with one attached hydrogen (secondary N) is 1. The molecule has 3 aliphatic heterocycles. The molecule has 8 rings (SSSR count). The molecule has 12 nitrogen and oxygen atoms in total. The number of furan rings is 1. The molecule has 312 valence electrons. The molecular formula is C46H49F2N7O5. The Kier molecular flexibility index (Phi) is 11.7. The zero-order valence-electron chi connectivity index (χ0n) is 34.2. The molecule has 0 spiro atoms. The molecular weight excluding hydrogens is 769 g/mol. The van der Waals surface area contributed by atoms with Crippen molar-refractivity contribution in [3.63, 3.8) is 0 Å². The van der Waals surface area contributed by atoms with Crippen LogP contribution in [0.1, 0.15) is 64.4 Å². The minimum Gasteiger partial charge on any atom is -0.450 e. The number of hydrogen-bond acceptors (Lipinski definition) is 8. The van der Waals surface area contributed by atoms with Crippen LogP contribution in [0, 0.1) is 18.6 Å². The SMILES string of the molecule is Cc1cc(CCN2CCN(c3ccc(-c4cc(C5=CCCN(C(=O)CCn6cccn6)C5)c(F)c5cc(C(=O)N(C)C)oc45)cc3)CC2)c(F)cc1C1CCC(=O)NC1=O. The van der Waals surface area contributed by atoms with E-state index in [4.69, 9.17) is 4.42 Å². The smallest absolute Gasteiger partial charge is 0.289 e. The monoisotopic (exact) mass is 817 g/mol. The van der Waals surface area contributed by atoms with Gasteiger partial charge in [-0.15, -0.1) is 0 Å². The van der Waals surface area contributed by atoms with Gasteiger partial charge in [-0.05, 0) is 84.3 Å². The molecule has 60 heavy (non-hydrogen) atoms. The number of nitrogens with zero attached hydrogens (tertiary/aromatic N) is 6. The molecule has 1 N–H and O–H groups in total. The van der Waals surface area contributed by atoms with Crippen molar-refractivity contribution in [3.05, 3.63) is 113 Å². The second-order valence-electron chi connectivity index (χ2n) is 16.1. The number of fused-ring (bicyclic) bond motifs is 1. The van der Waals surface area contributed by atoms with Gasteiger partial charge in [-0.25, -0.2) is 8.78 Å². The lowest BCUT2D eigenvalue weighted by atomic mass is 9.86. The lowest BCUT2D eigenvalue weighted by Crippen LogP contribution is -2.47. The number of carbonyl (C=O) groups is 4.